The Morgan fingerprint density at radius 3 is 2.67 bits per heavy atom. The Morgan fingerprint density at radius 2 is 1.93 bits per heavy atom. The van der Waals surface area contributed by atoms with Crippen LogP contribution in [-0.4, -0.2) is 28.9 Å². The van der Waals surface area contributed by atoms with Crippen LogP contribution < -0.4 is 5.73 Å². The number of rotatable bonds is 1. The van der Waals surface area contributed by atoms with Crippen LogP contribution in [-0.2, 0) is 4.79 Å². The molecule has 2 unspecified atom stereocenters. The second-order valence-electron chi connectivity index (χ2n) is 5.56. The molecule has 3 rings (SSSR count). The summed E-state index contributed by atoms with van der Waals surface area (Å²) >= 11 is 0. The molecule has 15 heavy (non-hydrogen) atoms. The minimum Gasteiger partial charge on any atom is -0.338 e. The number of fused-ring (bicyclic) bond motifs is 1. The van der Waals surface area contributed by atoms with Gasteiger partial charge in [0.05, 0.1) is 5.54 Å². The van der Waals surface area contributed by atoms with Crippen LogP contribution >= 0.6 is 0 Å². The lowest BCUT2D eigenvalue weighted by Crippen LogP contribution is -2.53. The van der Waals surface area contributed by atoms with Gasteiger partial charge in [-0.05, 0) is 44.4 Å². The molecule has 0 radical (unpaired) electrons. The Balaban J connectivity index is 1.76. The molecular weight excluding hydrogens is 188 g/mol. The molecule has 0 spiro atoms. The lowest BCUT2D eigenvalue weighted by Gasteiger charge is -2.39. The molecule has 0 aromatic heterocycles. The number of nitrogens with zero attached hydrogens (tertiary/aromatic N) is 1. The molecule has 2 aliphatic carbocycles. The van der Waals surface area contributed by atoms with Gasteiger partial charge in [-0.2, -0.15) is 0 Å². The van der Waals surface area contributed by atoms with Crippen LogP contribution in [0.3, 0.4) is 0 Å². The summed E-state index contributed by atoms with van der Waals surface area (Å²) in [6.45, 7) is 0.957. The predicted octanol–water partition coefficient (Wildman–Crippen LogP) is 1.27. The Labute approximate surface area is 91.0 Å². The lowest BCUT2D eigenvalue weighted by atomic mass is 9.91. The Bertz CT molecular complexity index is 285. The molecule has 3 aliphatic rings. The van der Waals surface area contributed by atoms with E-state index in [4.69, 9.17) is 5.73 Å². The van der Waals surface area contributed by atoms with E-state index >= 15 is 0 Å². The van der Waals surface area contributed by atoms with E-state index in [2.05, 4.69) is 4.90 Å². The molecule has 0 aromatic rings. The number of piperidine rings is 1. The van der Waals surface area contributed by atoms with Crippen molar-refractivity contribution in [1.29, 1.82) is 0 Å². The molecule has 1 heterocycles. The third kappa shape index (κ3) is 1.48. The van der Waals surface area contributed by atoms with Crippen molar-refractivity contribution in [3.05, 3.63) is 0 Å². The van der Waals surface area contributed by atoms with Crippen LogP contribution in [0, 0.1) is 5.92 Å². The minimum absolute atomic E-state index is 0.249. The molecule has 1 aliphatic heterocycles. The van der Waals surface area contributed by atoms with Crippen molar-refractivity contribution in [2.45, 2.75) is 56.5 Å². The number of likely N-dealkylation sites (tertiary alicyclic amines) is 1. The van der Waals surface area contributed by atoms with Crippen molar-refractivity contribution in [2.24, 2.45) is 11.7 Å². The highest BCUT2D eigenvalue weighted by atomic mass is 16.2. The summed E-state index contributed by atoms with van der Waals surface area (Å²) < 4.78 is 0. The first-order chi connectivity index (χ1) is 7.21. The largest absolute Gasteiger partial charge is 0.338 e. The van der Waals surface area contributed by atoms with Gasteiger partial charge in [0.15, 0.2) is 0 Å². The summed E-state index contributed by atoms with van der Waals surface area (Å²) in [5.41, 5.74) is 5.56. The zero-order valence-corrected chi connectivity index (χ0v) is 9.24. The molecule has 84 valence electrons. The smallest absolute Gasteiger partial charge is 0.242 e. The first-order valence-electron chi connectivity index (χ1n) is 6.31. The van der Waals surface area contributed by atoms with Crippen molar-refractivity contribution in [1.82, 2.24) is 4.90 Å². The van der Waals surface area contributed by atoms with E-state index in [9.17, 15) is 4.79 Å². The van der Waals surface area contributed by atoms with Crippen molar-refractivity contribution in [3.63, 3.8) is 0 Å². The Morgan fingerprint density at radius 1 is 1.20 bits per heavy atom. The van der Waals surface area contributed by atoms with E-state index in [1.165, 1.54) is 32.1 Å². The van der Waals surface area contributed by atoms with Gasteiger partial charge in [-0.25, -0.2) is 0 Å². The highest BCUT2D eigenvalue weighted by Crippen LogP contribution is 2.41. The van der Waals surface area contributed by atoms with Crippen molar-refractivity contribution < 1.29 is 4.79 Å². The fourth-order valence-electron chi connectivity index (χ4n) is 3.34. The topological polar surface area (TPSA) is 46.3 Å². The van der Waals surface area contributed by atoms with Gasteiger partial charge >= 0.3 is 0 Å². The van der Waals surface area contributed by atoms with Crippen LogP contribution in [0.5, 0.6) is 0 Å². The van der Waals surface area contributed by atoms with Crippen LogP contribution in [0.4, 0.5) is 0 Å². The quantitative estimate of drug-likeness (QED) is 0.705. The number of hydrogen-bond acceptors (Lipinski definition) is 2. The molecule has 2 atom stereocenters. The number of nitrogens with two attached hydrogens (primary N) is 1. The lowest BCUT2D eigenvalue weighted by molar-refractivity contribution is -0.138. The van der Waals surface area contributed by atoms with Crippen LogP contribution in [0.25, 0.3) is 0 Å². The van der Waals surface area contributed by atoms with E-state index in [-0.39, 0.29) is 5.91 Å². The molecule has 0 bridgehead atoms. The van der Waals surface area contributed by atoms with E-state index in [0.29, 0.717) is 6.04 Å². The van der Waals surface area contributed by atoms with Crippen LogP contribution in [0.15, 0.2) is 0 Å². The van der Waals surface area contributed by atoms with Gasteiger partial charge in [-0.1, -0.05) is 6.42 Å². The maximum atomic E-state index is 12.2. The third-order valence-corrected chi connectivity index (χ3v) is 4.47. The Hall–Kier alpha value is -0.570. The summed E-state index contributed by atoms with van der Waals surface area (Å²) in [4.78, 5) is 14.3. The van der Waals surface area contributed by atoms with Gasteiger partial charge in [0.1, 0.15) is 0 Å². The highest BCUT2D eigenvalue weighted by Gasteiger charge is 2.51. The molecule has 3 heteroatoms. The fourth-order valence-corrected chi connectivity index (χ4v) is 3.34. The summed E-state index contributed by atoms with van der Waals surface area (Å²) in [5, 5.41) is 0. The normalized spacial score (nSPS) is 37.5. The second-order valence-corrected chi connectivity index (χ2v) is 5.56. The van der Waals surface area contributed by atoms with E-state index < -0.39 is 5.54 Å². The van der Waals surface area contributed by atoms with Gasteiger partial charge in [-0.3, -0.25) is 4.79 Å². The molecule has 0 aromatic carbocycles. The number of carbonyl (C=O) groups excluding carboxylic acids is 1. The molecule has 1 amide bonds. The zero-order chi connectivity index (χ0) is 10.5. The Kier molecular flexibility index (Phi) is 2.06. The summed E-state index contributed by atoms with van der Waals surface area (Å²) in [7, 11) is 0. The average molecular weight is 208 g/mol. The van der Waals surface area contributed by atoms with E-state index in [1.54, 1.807) is 0 Å². The zero-order valence-electron chi connectivity index (χ0n) is 9.24. The SMILES string of the molecule is NC1(C(=O)N2CCCC3CCCC32)CC1. The minimum atomic E-state index is -0.454. The first-order valence-corrected chi connectivity index (χ1v) is 6.31. The van der Waals surface area contributed by atoms with Crippen LogP contribution in [0.2, 0.25) is 0 Å². The molecule has 3 nitrogen and oxygen atoms in total. The van der Waals surface area contributed by atoms with Crippen molar-refractivity contribution in [2.75, 3.05) is 6.54 Å². The summed E-state index contributed by atoms with van der Waals surface area (Å²) in [6.07, 6.45) is 8.16. The number of amides is 1. The van der Waals surface area contributed by atoms with Crippen molar-refractivity contribution >= 4 is 5.91 Å². The van der Waals surface area contributed by atoms with Gasteiger partial charge in [0.25, 0.3) is 0 Å². The second kappa shape index (κ2) is 3.21. The molecule has 2 saturated carbocycles. The summed E-state index contributed by atoms with van der Waals surface area (Å²) in [6, 6.07) is 0.535. The van der Waals surface area contributed by atoms with Gasteiger partial charge in [0.2, 0.25) is 5.91 Å². The number of hydrogen-bond donors (Lipinski definition) is 1. The highest BCUT2D eigenvalue weighted by molar-refractivity contribution is 5.89. The predicted molar refractivity (Wildman–Crippen MR) is 58.2 cm³/mol. The van der Waals surface area contributed by atoms with Gasteiger partial charge in [-0.15, -0.1) is 0 Å². The number of carbonyl (C=O) groups is 1. The average Bonchev–Trinajstić information content (AvgIpc) is 2.82. The maximum absolute atomic E-state index is 12.2. The van der Waals surface area contributed by atoms with Crippen molar-refractivity contribution in [3.8, 4) is 0 Å². The van der Waals surface area contributed by atoms with E-state index in [1.807, 2.05) is 0 Å². The molecular formula is C12H20N2O. The molecule has 3 fully saturated rings. The van der Waals surface area contributed by atoms with E-state index in [0.717, 1.165) is 25.3 Å². The monoisotopic (exact) mass is 208 g/mol. The van der Waals surface area contributed by atoms with Gasteiger partial charge in [0, 0.05) is 12.6 Å². The maximum Gasteiger partial charge on any atom is 0.242 e. The third-order valence-electron chi connectivity index (χ3n) is 4.47. The van der Waals surface area contributed by atoms with Gasteiger partial charge < -0.3 is 10.6 Å². The molecule has 2 N–H and O–H groups in total. The standard InChI is InChI=1S/C12H20N2O/c13-12(6-7-12)11(15)14-8-2-4-9-3-1-5-10(9)14/h9-10H,1-8,13H2. The van der Waals surface area contributed by atoms with Crippen LogP contribution in [0.1, 0.15) is 44.9 Å². The first kappa shape index (κ1) is 9.64. The fraction of sp³-hybridized carbons (Fsp3) is 0.917. The summed E-state index contributed by atoms with van der Waals surface area (Å²) in [5.74, 6) is 1.03. The molecule has 1 saturated heterocycles.